The van der Waals surface area contributed by atoms with Gasteiger partial charge >= 0.3 is 11.9 Å². The maximum absolute atomic E-state index is 15.0. The molecule has 1 aromatic heterocycles. The number of fused-ring (bicyclic) bond motifs is 2. The van der Waals surface area contributed by atoms with Gasteiger partial charge in [-0.05, 0) is 106 Å². The summed E-state index contributed by atoms with van der Waals surface area (Å²) in [5, 5.41) is 31.2. The number of nitrogens with one attached hydrogen (secondary N) is 2. The van der Waals surface area contributed by atoms with E-state index in [0.717, 1.165) is 44.5 Å². The molecule has 2 spiro atoms. The van der Waals surface area contributed by atoms with Crippen LogP contribution in [-0.4, -0.2) is 89.4 Å². The molecule has 6 heterocycles. The Kier molecular flexibility index (Phi) is 8.68. The number of furan rings is 1. The number of hydrogen-bond donors (Lipinski definition) is 4. The lowest BCUT2D eigenvalue weighted by molar-refractivity contribution is -0.252. The Balaban J connectivity index is 0.971. The van der Waals surface area contributed by atoms with Gasteiger partial charge in [-0.1, -0.05) is 27.7 Å². The topological polar surface area (TPSA) is 169 Å². The second-order valence-electron chi connectivity index (χ2n) is 20.7. The Morgan fingerprint density at radius 2 is 1.77 bits per heavy atom. The van der Waals surface area contributed by atoms with Crippen molar-refractivity contribution in [3.8, 4) is 0 Å². The lowest BCUT2D eigenvalue weighted by Gasteiger charge is -2.66. The van der Waals surface area contributed by atoms with Gasteiger partial charge in [-0.3, -0.25) is 9.59 Å². The van der Waals surface area contributed by atoms with E-state index in [9.17, 15) is 19.8 Å². The first-order valence-electron chi connectivity index (χ1n) is 21.8. The molecule has 10 rings (SSSR count). The minimum absolute atomic E-state index is 0.0148. The van der Waals surface area contributed by atoms with Crippen molar-refractivity contribution in [3.63, 3.8) is 0 Å². The number of esters is 2. The van der Waals surface area contributed by atoms with Crippen molar-refractivity contribution in [3.05, 3.63) is 23.7 Å². The van der Waals surface area contributed by atoms with E-state index in [-0.39, 0.29) is 36.6 Å². The number of aliphatic hydroxyl groups excluding tert-OH is 2. The van der Waals surface area contributed by atoms with Gasteiger partial charge in [0.2, 0.25) is 0 Å². The minimum atomic E-state index is -1.43. The Morgan fingerprint density at radius 1 is 0.964 bits per heavy atom. The van der Waals surface area contributed by atoms with Gasteiger partial charge in [-0.25, -0.2) is 4.79 Å². The van der Waals surface area contributed by atoms with Gasteiger partial charge in [0.05, 0.1) is 36.4 Å². The average Bonchev–Trinajstić information content (AvgIpc) is 3.41. The lowest BCUT2D eigenvalue weighted by atomic mass is 9.36. The molecule has 4 saturated carbocycles. The summed E-state index contributed by atoms with van der Waals surface area (Å²) < 4.78 is 32.1. The van der Waals surface area contributed by atoms with Crippen molar-refractivity contribution in [1.82, 2.24) is 10.6 Å². The van der Waals surface area contributed by atoms with Crippen molar-refractivity contribution in [1.29, 1.82) is 0 Å². The number of hydrogen-bond acceptors (Lipinski definition) is 12. The predicted molar refractivity (Wildman–Crippen MR) is 200 cm³/mol. The van der Waals surface area contributed by atoms with Gasteiger partial charge in [0, 0.05) is 47.5 Å². The van der Waals surface area contributed by atoms with E-state index in [4.69, 9.17) is 23.4 Å². The van der Waals surface area contributed by atoms with Crippen LogP contribution in [0.1, 0.15) is 116 Å². The zero-order chi connectivity index (χ0) is 39.2. The van der Waals surface area contributed by atoms with Crippen molar-refractivity contribution >= 4 is 17.7 Å². The smallest absolute Gasteiger partial charge is 0.339 e. The molecule has 9 aliphatic rings. The number of carbonyl (C=O) groups excluding carboxylic acids is 3. The van der Waals surface area contributed by atoms with Crippen LogP contribution in [0.2, 0.25) is 0 Å². The summed E-state index contributed by atoms with van der Waals surface area (Å²) in [6.45, 7) is 12.2. The van der Waals surface area contributed by atoms with Crippen LogP contribution in [0.25, 0.3) is 0 Å². The summed E-state index contributed by atoms with van der Waals surface area (Å²) in [6, 6.07) is 2.41. The van der Waals surface area contributed by atoms with Gasteiger partial charge in [-0.2, -0.15) is 0 Å². The van der Waals surface area contributed by atoms with Gasteiger partial charge in [0.25, 0.3) is 0 Å². The molecule has 1 aromatic rings. The van der Waals surface area contributed by atoms with E-state index < -0.39 is 69.9 Å². The number of epoxide rings is 1. The molecule has 4 aliphatic carbocycles. The highest BCUT2D eigenvalue weighted by Gasteiger charge is 2.91. The zero-order valence-electron chi connectivity index (χ0n) is 33.7. The fourth-order valence-electron chi connectivity index (χ4n) is 15.1. The van der Waals surface area contributed by atoms with E-state index in [1.165, 1.54) is 12.8 Å². The standard InChI is InChI=1S/C44H62N2O10/c1-22(2)8-12-41(4)35-34(49)36(50)42(5)31(43(35)20-53-33(48)18-32(43)55-41)9-11-40(3)37(54-39(51)38-44(40,42)56-38)27-10-13-52-30(27)17-26-15-25-14-24(28-19-45-21-46-28)7-6-23(25)16-29(26)47/h10,13,22-26,28-29,31-32,35-38,45-47,50H,6-9,11-12,14-21H2,1-5H3. The summed E-state index contributed by atoms with van der Waals surface area (Å²) in [4.78, 5) is 42.0. The quantitative estimate of drug-likeness (QED) is 0.228. The predicted octanol–water partition coefficient (Wildman–Crippen LogP) is 4.39. The van der Waals surface area contributed by atoms with Crippen molar-refractivity contribution in [2.75, 3.05) is 19.8 Å². The normalized spacial score (nSPS) is 51.9. The third kappa shape index (κ3) is 4.95. The Bertz CT molecular complexity index is 1780. The summed E-state index contributed by atoms with van der Waals surface area (Å²) in [7, 11) is 0. The molecule has 0 radical (unpaired) electrons. The SMILES string of the molecule is CC(C)CCC1(C)OC2CC(=O)OCC23C1C(=O)C(O)C1(C)C3CCC2(C)C(c3ccoc3CC3CC4CC(C5CNCN5)CCC4CC3O)OC(=O)C3OC321. The molecule has 12 nitrogen and oxygen atoms in total. The molecule has 9 fully saturated rings. The van der Waals surface area contributed by atoms with E-state index in [1.807, 2.05) is 19.9 Å². The summed E-state index contributed by atoms with van der Waals surface area (Å²) in [6.07, 6.45) is 6.03. The second-order valence-corrected chi connectivity index (χ2v) is 20.7. The minimum Gasteiger partial charge on any atom is -0.469 e. The molecule has 4 N–H and O–H groups in total. The molecule has 56 heavy (non-hydrogen) atoms. The van der Waals surface area contributed by atoms with Gasteiger partial charge in [0.1, 0.15) is 30.2 Å². The first kappa shape index (κ1) is 37.9. The van der Waals surface area contributed by atoms with Crippen molar-refractivity contribution < 1.29 is 48.0 Å². The molecular weight excluding hydrogens is 716 g/mol. The number of carbonyl (C=O) groups is 3. The second kappa shape index (κ2) is 12.8. The van der Waals surface area contributed by atoms with Crippen LogP contribution in [0.15, 0.2) is 16.7 Å². The van der Waals surface area contributed by atoms with Crippen LogP contribution in [0.4, 0.5) is 0 Å². The first-order valence-corrected chi connectivity index (χ1v) is 21.8. The number of rotatable bonds is 7. The van der Waals surface area contributed by atoms with Gasteiger partial charge in [-0.15, -0.1) is 0 Å². The molecule has 308 valence electrons. The highest BCUT2D eigenvalue weighted by atomic mass is 16.7. The number of cyclic esters (lactones) is 2. The Hall–Kier alpha value is -2.35. The monoisotopic (exact) mass is 778 g/mol. The first-order chi connectivity index (χ1) is 26.7. The summed E-state index contributed by atoms with van der Waals surface area (Å²) in [5.74, 6) is 0.681. The van der Waals surface area contributed by atoms with Crippen molar-refractivity contribution in [2.45, 2.75) is 153 Å². The molecule has 17 atom stereocenters. The fourth-order valence-corrected chi connectivity index (χ4v) is 15.1. The maximum atomic E-state index is 15.0. The molecule has 0 bridgehead atoms. The molecule has 12 heteroatoms. The number of ketones is 1. The Morgan fingerprint density at radius 3 is 2.54 bits per heavy atom. The third-order valence-corrected chi connectivity index (χ3v) is 17.8. The maximum Gasteiger partial charge on any atom is 0.339 e. The molecular formula is C44H62N2O10. The van der Waals surface area contributed by atoms with Gasteiger partial charge in [0.15, 0.2) is 11.9 Å². The van der Waals surface area contributed by atoms with Crippen LogP contribution < -0.4 is 10.6 Å². The van der Waals surface area contributed by atoms with Crippen LogP contribution in [0.5, 0.6) is 0 Å². The van der Waals surface area contributed by atoms with Gasteiger partial charge < -0.3 is 44.2 Å². The largest absolute Gasteiger partial charge is 0.469 e. The third-order valence-electron chi connectivity index (χ3n) is 17.8. The molecule has 5 saturated heterocycles. The highest BCUT2D eigenvalue weighted by Crippen LogP contribution is 2.80. The van der Waals surface area contributed by atoms with Crippen LogP contribution in [-0.2, 0) is 39.8 Å². The molecule has 0 amide bonds. The fraction of sp³-hybridized carbons (Fsp3) is 0.841. The number of aliphatic hydroxyl groups is 2. The van der Waals surface area contributed by atoms with E-state index in [0.29, 0.717) is 61.2 Å². The Labute approximate surface area is 329 Å². The van der Waals surface area contributed by atoms with E-state index >= 15 is 4.79 Å². The molecule has 0 aromatic carbocycles. The van der Waals surface area contributed by atoms with Crippen LogP contribution in [0.3, 0.4) is 0 Å². The molecule has 5 aliphatic heterocycles. The van der Waals surface area contributed by atoms with E-state index in [2.05, 4.69) is 31.4 Å². The average molecular weight is 779 g/mol. The number of Topliss-reactive ketones (excluding diaryl/α,β-unsaturated/α-hetero) is 1. The zero-order valence-corrected chi connectivity index (χ0v) is 33.7. The lowest BCUT2D eigenvalue weighted by Crippen LogP contribution is -2.76. The van der Waals surface area contributed by atoms with E-state index in [1.54, 1.807) is 6.26 Å². The van der Waals surface area contributed by atoms with Crippen molar-refractivity contribution in [2.24, 2.45) is 57.7 Å². The number of ether oxygens (including phenoxy) is 4. The van der Waals surface area contributed by atoms with Crippen LogP contribution in [0, 0.1) is 57.7 Å². The summed E-state index contributed by atoms with van der Waals surface area (Å²) in [5.41, 5.74) is -4.21. The van der Waals surface area contributed by atoms with Crippen LogP contribution >= 0.6 is 0 Å². The highest BCUT2D eigenvalue weighted by molar-refractivity contribution is 5.92. The molecule has 17 unspecified atom stereocenters. The summed E-state index contributed by atoms with van der Waals surface area (Å²) >= 11 is 0.